The number of carboxylic acid groups (broad SMARTS) is 10. The fraction of sp³-hybridized carbons (Fsp3) is 0. The zero-order valence-corrected chi connectivity index (χ0v) is 13.2. The fourth-order valence-electron chi connectivity index (χ4n) is 0. The van der Waals surface area contributed by atoms with Crippen LogP contribution >= 0.6 is 0 Å². The molecule has 0 unspecified atom stereocenters. The predicted octanol–water partition coefficient (Wildman–Crippen LogP) is -7.15. The maximum Gasteiger partial charge on any atom is 3.00 e. The van der Waals surface area contributed by atoms with Crippen molar-refractivity contribution < 1.29 is 80.5 Å². The van der Waals surface area contributed by atoms with Gasteiger partial charge in [0, 0.05) is 0 Å². The summed E-state index contributed by atoms with van der Waals surface area (Å²) in [7, 11) is 0. The van der Waals surface area contributed by atoms with Crippen molar-refractivity contribution >= 4 is 71.2 Å². The van der Waals surface area contributed by atoms with Crippen molar-refractivity contribution in [3.63, 3.8) is 0 Å². The topological polar surface area (TPSA) is 333 Å². The summed E-state index contributed by atoms with van der Waals surface area (Å²) in [6, 6.07) is 0. The van der Waals surface area contributed by atoms with E-state index in [2.05, 4.69) is 0 Å². The van der Waals surface area contributed by atoms with Crippen LogP contribution < -0.4 is 25.5 Å². The van der Waals surface area contributed by atoms with E-state index in [1.54, 1.807) is 0 Å². The largest absolute Gasteiger partial charge is 3.00 e. The summed E-state index contributed by atoms with van der Waals surface area (Å²) >= 11 is 0. The Morgan fingerprint density at radius 1 is 0.478 bits per heavy atom. The Labute approximate surface area is 152 Å². The Balaban J connectivity index is -0.0000000197. The molecule has 0 bridgehead atoms. The number of rotatable bonds is 0. The van der Waals surface area contributed by atoms with Gasteiger partial charge in [0.1, 0.15) is 0 Å². The summed E-state index contributed by atoms with van der Waals surface area (Å²) in [4.78, 5) is 42.2. The van der Waals surface area contributed by atoms with E-state index in [1.165, 1.54) is 0 Å². The molecule has 0 aromatic carbocycles. The van der Waals surface area contributed by atoms with Gasteiger partial charge in [-0.25, -0.2) is 0 Å². The molecule has 0 rings (SSSR count). The van der Waals surface area contributed by atoms with E-state index in [4.69, 9.17) is 75.0 Å². The van der Waals surface area contributed by atoms with Crippen LogP contribution in [0.15, 0.2) is 0 Å². The maximum absolute atomic E-state index is 8.44. The monoisotopic (exact) mass is 374 g/mol. The van der Waals surface area contributed by atoms with Crippen LogP contribution in [-0.2, 0) is 0 Å². The van der Waals surface area contributed by atoms with E-state index in [0.717, 1.165) is 0 Å². The van der Waals surface area contributed by atoms with Crippen molar-refractivity contribution in [3.8, 4) is 0 Å². The second kappa shape index (κ2) is 42.7. The van der Waals surface area contributed by atoms with Crippen molar-refractivity contribution in [3.05, 3.63) is 0 Å². The molecule has 0 aliphatic carbocycles. The van der Waals surface area contributed by atoms with Gasteiger partial charge in [-0.15, -0.1) is 0 Å². The number of hydrogen-bond donors (Lipinski definition) is 5. The van der Waals surface area contributed by atoms with Crippen LogP contribution in [0, 0.1) is 0 Å². The summed E-state index contributed by atoms with van der Waals surface area (Å²) in [5.74, 6) is 0. The van der Waals surface area contributed by atoms with Crippen LogP contribution in [0.2, 0.25) is 0 Å². The first kappa shape index (κ1) is 49.8. The molecule has 7 N–H and O–H groups in total. The third-order valence-corrected chi connectivity index (χ3v) is 0. The zero-order chi connectivity index (χ0) is 17.9. The molecular weight excluding hydrogens is 367 g/mol. The fourth-order valence-corrected chi connectivity index (χ4v) is 0. The molecule has 23 heavy (non-hydrogen) atoms. The Morgan fingerprint density at radius 3 is 0.478 bits per heavy atom. The van der Waals surface area contributed by atoms with Gasteiger partial charge in [-0.05, 0) is 0 Å². The van der Waals surface area contributed by atoms with Gasteiger partial charge in [-0.2, -0.15) is 0 Å². The van der Waals surface area contributed by atoms with Crippen molar-refractivity contribution in [2.75, 3.05) is 0 Å². The van der Waals surface area contributed by atoms with Crippen molar-refractivity contribution in [1.29, 1.82) is 0 Å². The van der Waals surface area contributed by atoms with E-state index >= 15 is 0 Å². The van der Waals surface area contributed by atoms with Gasteiger partial charge in [-0.1, -0.05) is 0 Å². The molecule has 18 heteroatoms. The first-order chi connectivity index (χ1) is 8.66. The van der Waals surface area contributed by atoms with E-state index in [9.17, 15) is 0 Å². The van der Waals surface area contributed by atoms with Crippen LogP contribution in [0.25, 0.3) is 0 Å². The average Bonchev–Trinajstić information content (AvgIpc) is 1.94. The van der Waals surface area contributed by atoms with E-state index in [1.807, 2.05) is 0 Å². The summed E-state index contributed by atoms with van der Waals surface area (Å²) < 4.78 is 0. The second-order valence-corrected chi connectivity index (χ2v) is 1.33. The minimum Gasteiger partial charge on any atom is -0.565 e. The molecule has 0 amide bonds. The zero-order valence-electron chi connectivity index (χ0n) is 10.6. The standard InChI is InChI=1S/5CH2O3.Al.Mg.H2O/c5*2-1(3)4;;;/h5*(H2,2,3,4);;;1H2/q;;;;;+3;+2;/p-5. The molecule has 0 fully saturated rings. The Hall–Kier alpha value is -2.39. The molecule has 0 saturated heterocycles. The molecule has 0 spiro atoms. The van der Waals surface area contributed by atoms with Crippen molar-refractivity contribution in [2.45, 2.75) is 0 Å². The van der Waals surface area contributed by atoms with Crippen LogP contribution in [-0.4, -0.2) is 102 Å². The molecule has 0 aliphatic heterocycles. The van der Waals surface area contributed by atoms with Crippen LogP contribution in [0.5, 0.6) is 0 Å². The van der Waals surface area contributed by atoms with Crippen molar-refractivity contribution in [1.82, 2.24) is 0 Å². The number of hydrogen-bond acceptors (Lipinski definition) is 10. The van der Waals surface area contributed by atoms with E-state index in [0.29, 0.717) is 0 Å². The normalized spacial score (nSPS) is 5.22. The molecule has 0 aromatic heterocycles. The minimum absolute atomic E-state index is 0. The van der Waals surface area contributed by atoms with Gasteiger partial charge in [0.25, 0.3) is 0 Å². The van der Waals surface area contributed by atoms with Crippen molar-refractivity contribution in [2.24, 2.45) is 0 Å². The molecular formula is C5H7AlMgO16. The van der Waals surface area contributed by atoms with Gasteiger partial charge in [0.2, 0.25) is 30.8 Å². The summed E-state index contributed by atoms with van der Waals surface area (Å²) in [5, 5.41) is 76.5. The Bertz CT molecular complexity index is 213. The maximum atomic E-state index is 8.44. The molecule has 0 atom stereocenters. The molecule has 0 aromatic rings. The Morgan fingerprint density at radius 2 is 0.478 bits per heavy atom. The van der Waals surface area contributed by atoms with Crippen LogP contribution in [0.1, 0.15) is 0 Å². The van der Waals surface area contributed by atoms with E-state index < -0.39 is 30.8 Å². The van der Waals surface area contributed by atoms with Gasteiger partial charge in [-0.3, -0.25) is 0 Å². The number of carbonyl (C=O) groups is 5. The molecule has 16 nitrogen and oxygen atoms in total. The third-order valence-electron chi connectivity index (χ3n) is 0. The Kier molecular flexibility index (Phi) is 92.6. The van der Waals surface area contributed by atoms with Crippen LogP contribution in [0.3, 0.4) is 0 Å². The SMILES string of the molecule is O.O=C([O-])O.O=C([O-])O.O=C([O-])O.O=C([O-])O.O=C([O-])O.[Al+3].[Mg+2]. The smallest absolute Gasteiger partial charge is 0.565 e. The summed E-state index contributed by atoms with van der Waals surface area (Å²) in [5.41, 5.74) is 0. The second-order valence-electron chi connectivity index (χ2n) is 1.33. The average molecular weight is 374 g/mol. The molecule has 128 valence electrons. The molecule has 0 radical (unpaired) electrons. The summed E-state index contributed by atoms with van der Waals surface area (Å²) in [6.45, 7) is 0. The molecule has 0 saturated carbocycles. The molecule has 0 heterocycles. The molecule has 0 aliphatic rings. The predicted molar refractivity (Wildman–Crippen MR) is 55.2 cm³/mol. The van der Waals surface area contributed by atoms with Gasteiger partial charge in [0.15, 0.2) is 0 Å². The summed E-state index contributed by atoms with van der Waals surface area (Å²) in [6.07, 6.45) is -10.4. The first-order valence-electron chi connectivity index (χ1n) is 3.16. The van der Waals surface area contributed by atoms with Crippen LogP contribution in [0.4, 0.5) is 24.0 Å². The van der Waals surface area contributed by atoms with Gasteiger partial charge < -0.3 is 80.5 Å². The van der Waals surface area contributed by atoms with Gasteiger partial charge >= 0.3 is 40.4 Å². The quantitative estimate of drug-likeness (QED) is 0.245. The third kappa shape index (κ3) is 1060. The minimum atomic E-state index is -2.08. The van der Waals surface area contributed by atoms with Gasteiger partial charge in [0.05, 0.1) is 0 Å². The van der Waals surface area contributed by atoms with E-state index in [-0.39, 0.29) is 45.9 Å². The first-order valence-corrected chi connectivity index (χ1v) is 3.16.